The van der Waals surface area contributed by atoms with Gasteiger partial charge < -0.3 is 15.5 Å². The SMILES string of the molecule is CC1(C)C[C@@H](O)[C@H]([C@H](O)c2cccc([N+](=O)[O-])c2)C(C)(C)[NH2+]1. The van der Waals surface area contributed by atoms with Crippen molar-refractivity contribution >= 4 is 5.69 Å². The molecule has 1 aliphatic rings. The first-order valence-corrected chi connectivity index (χ1v) is 7.51. The van der Waals surface area contributed by atoms with Crippen LogP contribution in [0.1, 0.15) is 45.8 Å². The molecule has 1 fully saturated rings. The van der Waals surface area contributed by atoms with Gasteiger partial charge in [0.1, 0.15) is 0 Å². The molecule has 0 radical (unpaired) electrons. The zero-order valence-corrected chi connectivity index (χ0v) is 13.5. The highest BCUT2D eigenvalue weighted by atomic mass is 16.6. The molecular weight excluding hydrogens is 284 g/mol. The second kappa shape index (κ2) is 5.61. The van der Waals surface area contributed by atoms with Gasteiger partial charge in [-0.05, 0) is 33.3 Å². The molecule has 6 heteroatoms. The molecule has 0 aliphatic carbocycles. The Balaban J connectivity index is 2.33. The molecule has 1 aromatic carbocycles. The van der Waals surface area contributed by atoms with E-state index in [0.29, 0.717) is 12.0 Å². The van der Waals surface area contributed by atoms with E-state index in [4.69, 9.17) is 0 Å². The van der Waals surface area contributed by atoms with Crippen LogP contribution in [0.5, 0.6) is 0 Å². The average molecular weight is 309 g/mol. The molecule has 4 N–H and O–H groups in total. The number of benzene rings is 1. The van der Waals surface area contributed by atoms with Crippen molar-refractivity contribution in [2.45, 2.75) is 57.4 Å². The predicted octanol–water partition coefficient (Wildman–Crippen LogP) is 1.13. The van der Waals surface area contributed by atoms with Crippen molar-refractivity contribution in [1.29, 1.82) is 0 Å². The number of aliphatic hydroxyl groups is 2. The van der Waals surface area contributed by atoms with Crippen LogP contribution in [0.4, 0.5) is 5.69 Å². The number of nitro groups is 1. The fourth-order valence-electron chi connectivity index (χ4n) is 3.97. The molecule has 0 amide bonds. The van der Waals surface area contributed by atoms with Gasteiger partial charge in [0.2, 0.25) is 0 Å². The van der Waals surface area contributed by atoms with Crippen LogP contribution >= 0.6 is 0 Å². The lowest BCUT2D eigenvalue weighted by Gasteiger charge is -2.48. The zero-order valence-electron chi connectivity index (χ0n) is 13.5. The Hall–Kier alpha value is -1.50. The van der Waals surface area contributed by atoms with Crippen molar-refractivity contribution in [2.24, 2.45) is 5.92 Å². The summed E-state index contributed by atoms with van der Waals surface area (Å²) in [5.41, 5.74) is -0.0732. The van der Waals surface area contributed by atoms with Crippen LogP contribution < -0.4 is 5.32 Å². The van der Waals surface area contributed by atoms with Crippen LogP contribution in [0, 0.1) is 16.0 Å². The van der Waals surface area contributed by atoms with Crippen molar-refractivity contribution in [3.05, 3.63) is 39.9 Å². The van der Waals surface area contributed by atoms with Crippen LogP contribution in [0.2, 0.25) is 0 Å². The summed E-state index contributed by atoms with van der Waals surface area (Å²) < 4.78 is 0. The van der Waals surface area contributed by atoms with E-state index < -0.39 is 23.0 Å². The van der Waals surface area contributed by atoms with Crippen LogP contribution in [0.15, 0.2) is 24.3 Å². The molecule has 1 aromatic rings. The van der Waals surface area contributed by atoms with E-state index in [2.05, 4.69) is 19.2 Å². The van der Waals surface area contributed by atoms with Gasteiger partial charge in [-0.15, -0.1) is 0 Å². The maximum atomic E-state index is 10.9. The van der Waals surface area contributed by atoms with Gasteiger partial charge in [-0.25, -0.2) is 0 Å². The molecule has 0 spiro atoms. The van der Waals surface area contributed by atoms with Gasteiger partial charge in [0.15, 0.2) is 0 Å². The largest absolute Gasteiger partial charge is 0.392 e. The number of nitrogens with two attached hydrogens (primary N) is 1. The highest BCUT2D eigenvalue weighted by Gasteiger charge is 2.52. The number of rotatable bonds is 3. The molecule has 0 saturated carbocycles. The molecule has 2 rings (SSSR count). The third kappa shape index (κ3) is 3.29. The number of hydrogen-bond acceptors (Lipinski definition) is 4. The highest BCUT2D eigenvalue weighted by molar-refractivity contribution is 5.35. The van der Waals surface area contributed by atoms with E-state index in [-0.39, 0.29) is 16.8 Å². The lowest BCUT2D eigenvalue weighted by atomic mass is 9.69. The van der Waals surface area contributed by atoms with E-state index in [0.717, 1.165) is 0 Å². The summed E-state index contributed by atoms with van der Waals surface area (Å²) in [6.07, 6.45) is -1.05. The molecule has 1 heterocycles. The molecular formula is C16H25N2O4+. The molecule has 0 bridgehead atoms. The van der Waals surface area contributed by atoms with Gasteiger partial charge in [0, 0.05) is 18.6 Å². The summed E-state index contributed by atoms with van der Waals surface area (Å²) >= 11 is 0. The summed E-state index contributed by atoms with van der Waals surface area (Å²) in [7, 11) is 0. The van der Waals surface area contributed by atoms with Crippen LogP contribution in [-0.4, -0.2) is 32.3 Å². The molecule has 22 heavy (non-hydrogen) atoms. The first-order valence-electron chi connectivity index (χ1n) is 7.51. The minimum atomic E-state index is -0.947. The minimum absolute atomic E-state index is 0.0519. The number of hydrogen-bond donors (Lipinski definition) is 3. The maximum Gasteiger partial charge on any atom is 0.269 e. The molecule has 1 aliphatic heterocycles. The van der Waals surface area contributed by atoms with E-state index in [1.807, 2.05) is 13.8 Å². The third-order valence-corrected chi connectivity index (χ3v) is 4.53. The molecule has 6 nitrogen and oxygen atoms in total. The number of quaternary nitrogens is 1. The fourth-order valence-corrected chi connectivity index (χ4v) is 3.97. The van der Waals surface area contributed by atoms with Gasteiger partial charge in [-0.3, -0.25) is 10.1 Å². The Bertz CT molecular complexity index is 571. The summed E-state index contributed by atoms with van der Waals surface area (Å²) in [6, 6.07) is 6.01. The predicted molar refractivity (Wildman–Crippen MR) is 82.3 cm³/mol. The van der Waals surface area contributed by atoms with Gasteiger partial charge in [-0.1, -0.05) is 12.1 Å². The van der Waals surface area contributed by atoms with Gasteiger partial charge in [0.25, 0.3) is 5.69 Å². The average Bonchev–Trinajstić information content (AvgIpc) is 2.35. The number of nitro benzene ring substituents is 1. The molecule has 3 atom stereocenters. The second-order valence-electron chi connectivity index (χ2n) is 7.55. The number of aliphatic hydroxyl groups excluding tert-OH is 2. The maximum absolute atomic E-state index is 10.9. The van der Waals surface area contributed by atoms with Crippen molar-refractivity contribution in [3.63, 3.8) is 0 Å². The monoisotopic (exact) mass is 309 g/mol. The van der Waals surface area contributed by atoms with Gasteiger partial charge >= 0.3 is 0 Å². The topological polar surface area (TPSA) is 100 Å². The van der Waals surface area contributed by atoms with E-state index >= 15 is 0 Å². The van der Waals surface area contributed by atoms with Crippen molar-refractivity contribution in [1.82, 2.24) is 0 Å². The fraction of sp³-hybridized carbons (Fsp3) is 0.625. The smallest absolute Gasteiger partial charge is 0.269 e. The summed E-state index contributed by atoms with van der Waals surface area (Å²) in [6.45, 7) is 8.10. The molecule has 122 valence electrons. The Morgan fingerprint density at radius 3 is 2.55 bits per heavy atom. The lowest BCUT2D eigenvalue weighted by molar-refractivity contribution is -0.798. The molecule has 0 unspecified atom stereocenters. The van der Waals surface area contributed by atoms with E-state index in [9.17, 15) is 20.3 Å². The molecule has 1 saturated heterocycles. The summed E-state index contributed by atoms with van der Waals surface area (Å²) in [4.78, 5) is 10.4. The lowest BCUT2D eigenvalue weighted by Crippen LogP contribution is -3.07. The number of non-ortho nitro benzene ring substituents is 1. The van der Waals surface area contributed by atoms with Gasteiger partial charge in [0.05, 0.1) is 34.1 Å². The molecule has 0 aromatic heterocycles. The van der Waals surface area contributed by atoms with E-state index in [1.165, 1.54) is 12.1 Å². The summed E-state index contributed by atoms with van der Waals surface area (Å²) in [5, 5.41) is 34.3. The first-order chi connectivity index (χ1) is 10.0. The third-order valence-electron chi connectivity index (χ3n) is 4.53. The Kier molecular flexibility index (Phi) is 4.30. The van der Waals surface area contributed by atoms with Crippen LogP contribution in [0.25, 0.3) is 0 Å². The zero-order chi connectivity index (χ0) is 16.7. The normalized spacial score (nSPS) is 28.1. The Morgan fingerprint density at radius 2 is 2.00 bits per heavy atom. The van der Waals surface area contributed by atoms with Crippen molar-refractivity contribution < 1.29 is 20.5 Å². The van der Waals surface area contributed by atoms with Crippen molar-refractivity contribution in [3.8, 4) is 0 Å². The first kappa shape index (κ1) is 16.9. The highest BCUT2D eigenvalue weighted by Crippen LogP contribution is 2.37. The second-order valence-corrected chi connectivity index (χ2v) is 7.55. The van der Waals surface area contributed by atoms with Crippen LogP contribution in [0.3, 0.4) is 0 Å². The van der Waals surface area contributed by atoms with Crippen molar-refractivity contribution in [2.75, 3.05) is 0 Å². The van der Waals surface area contributed by atoms with E-state index in [1.54, 1.807) is 12.1 Å². The number of piperidine rings is 1. The van der Waals surface area contributed by atoms with Crippen LogP contribution in [-0.2, 0) is 0 Å². The summed E-state index contributed by atoms with van der Waals surface area (Å²) in [5.74, 6) is -0.400. The Labute approximate surface area is 130 Å². The quantitative estimate of drug-likeness (QED) is 0.575. The standard InChI is InChI=1S/C16H24N2O4/c1-15(2)9-12(19)13(16(3,4)17-15)14(20)10-6-5-7-11(8-10)18(21)22/h5-8,12-14,17,19-20H,9H2,1-4H3/p+1/t12-,13-,14-/m1/s1. The Morgan fingerprint density at radius 1 is 1.36 bits per heavy atom. The van der Waals surface area contributed by atoms with Gasteiger partial charge in [-0.2, -0.15) is 0 Å². The minimum Gasteiger partial charge on any atom is -0.392 e. The number of nitrogens with zero attached hydrogens (tertiary/aromatic N) is 1.